The van der Waals surface area contributed by atoms with E-state index >= 15 is 0 Å². The Bertz CT molecular complexity index is 607. The highest BCUT2D eigenvalue weighted by molar-refractivity contribution is 7.99. The van der Waals surface area contributed by atoms with E-state index in [2.05, 4.69) is 27.7 Å². The molecule has 1 saturated heterocycles. The van der Waals surface area contributed by atoms with Gasteiger partial charge in [-0.25, -0.2) is 0 Å². The molecule has 0 radical (unpaired) electrons. The molecule has 0 unspecified atom stereocenters. The Morgan fingerprint density at radius 3 is 2.77 bits per heavy atom. The van der Waals surface area contributed by atoms with Crippen LogP contribution < -0.4 is 10.2 Å². The second kappa shape index (κ2) is 7.70. The van der Waals surface area contributed by atoms with E-state index in [-0.39, 0.29) is 5.91 Å². The van der Waals surface area contributed by atoms with Crippen molar-refractivity contribution in [2.75, 3.05) is 29.1 Å². The van der Waals surface area contributed by atoms with Gasteiger partial charge in [0.2, 0.25) is 5.91 Å². The van der Waals surface area contributed by atoms with Crippen LogP contribution in [0.25, 0.3) is 0 Å². The Hall–Kier alpha value is -1.46. The molecule has 116 valence electrons. The number of para-hydroxylation sites is 2. The average Bonchev–Trinajstić information content (AvgIpc) is 3.21. The molecule has 1 aliphatic rings. The largest absolute Gasteiger partial charge is 0.370 e. The SMILES string of the molecule is O=C(CSCc1cccs1)Nc1ccccc1N1CCCC1. The highest BCUT2D eigenvalue weighted by Crippen LogP contribution is 2.28. The summed E-state index contributed by atoms with van der Waals surface area (Å²) in [4.78, 5) is 15.8. The number of benzene rings is 1. The molecule has 1 N–H and O–H groups in total. The lowest BCUT2D eigenvalue weighted by atomic mass is 10.2. The molecule has 0 aliphatic carbocycles. The van der Waals surface area contributed by atoms with E-state index in [9.17, 15) is 4.79 Å². The number of rotatable bonds is 6. The molecule has 22 heavy (non-hydrogen) atoms. The van der Waals surface area contributed by atoms with Crippen LogP contribution in [-0.2, 0) is 10.5 Å². The Morgan fingerprint density at radius 1 is 1.18 bits per heavy atom. The van der Waals surface area contributed by atoms with Crippen molar-refractivity contribution in [1.29, 1.82) is 0 Å². The van der Waals surface area contributed by atoms with E-state index in [0.29, 0.717) is 5.75 Å². The number of hydrogen-bond donors (Lipinski definition) is 1. The molecule has 2 heterocycles. The maximum absolute atomic E-state index is 12.2. The van der Waals surface area contributed by atoms with Crippen molar-refractivity contribution in [3.63, 3.8) is 0 Å². The average molecular weight is 332 g/mol. The smallest absolute Gasteiger partial charge is 0.234 e. The summed E-state index contributed by atoms with van der Waals surface area (Å²) in [6.07, 6.45) is 2.47. The third-order valence-corrected chi connectivity index (χ3v) is 5.72. The molecule has 0 saturated carbocycles. The number of carbonyl (C=O) groups is 1. The monoisotopic (exact) mass is 332 g/mol. The third-order valence-electron chi connectivity index (χ3n) is 3.68. The molecular formula is C17H20N2OS2. The second-order valence-electron chi connectivity index (χ2n) is 5.33. The molecule has 0 spiro atoms. The molecule has 1 aliphatic heterocycles. The van der Waals surface area contributed by atoms with Gasteiger partial charge >= 0.3 is 0 Å². The number of nitrogens with zero attached hydrogens (tertiary/aromatic N) is 1. The predicted molar refractivity (Wildman–Crippen MR) is 97.0 cm³/mol. The molecular weight excluding hydrogens is 312 g/mol. The number of thiophene rings is 1. The molecule has 5 heteroatoms. The van der Waals surface area contributed by atoms with Gasteiger partial charge in [0.05, 0.1) is 17.1 Å². The topological polar surface area (TPSA) is 32.3 Å². The van der Waals surface area contributed by atoms with Crippen LogP contribution >= 0.6 is 23.1 Å². The van der Waals surface area contributed by atoms with Gasteiger partial charge in [0.25, 0.3) is 0 Å². The minimum Gasteiger partial charge on any atom is -0.370 e. The molecule has 1 aromatic carbocycles. The number of nitrogens with one attached hydrogen (secondary N) is 1. The first-order valence-electron chi connectivity index (χ1n) is 7.57. The lowest BCUT2D eigenvalue weighted by Gasteiger charge is -2.21. The minimum absolute atomic E-state index is 0.0770. The molecule has 3 rings (SSSR count). The number of anilines is 2. The zero-order valence-corrected chi connectivity index (χ0v) is 14.1. The molecule has 1 fully saturated rings. The fraction of sp³-hybridized carbons (Fsp3) is 0.353. The van der Waals surface area contributed by atoms with Gasteiger partial charge in [0, 0.05) is 23.7 Å². The van der Waals surface area contributed by atoms with Crippen LogP contribution in [0.1, 0.15) is 17.7 Å². The van der Waals surface area contributed by atoms with Crippen molar-refractivity contribution in [2.45, 2.75) is 18.6 Å². The number of carbonyl (C=O) groups excluding carboxylic acids is 1. The Balaban J connectivity index is 1.54. The molecule has 0 atom stereocenters. The first kappa shape index (κ1) is 15.4. The normalized spacial score (nSPS) is 14.3. The molecule has 2 aromatic rings. The van der Waals surface area contributed by atoms with Crippen LogP contribution in [0.15, 0.2) is 41.8 Å². The maximum Gasteiger partial charge on any atom is 0.234 e. The van der Waals surface area contributed by atoms with Gasteiger partial charge in [-0.2, -0.15) is 0 Å². The summed E-state index contributed by atoms with van der Waals surface area (Å²) in [7, 11) is 0. The Kier molecular flexibility index (Phi) is 5.40. The summed E-state index contributed by atoms with van der Waals surface area (Å²) in [5.41, 5.74) is 2.09. The lowest BCUT2D eigenvalue weighted by Crippen LogP contribution is -2.21. The van der Waals surface area contributed by atoms with Crippen molar-refractivity contribution in [3.8, 4) is 0 Å². The van der Waals surface area contributed by atoms with Crippen molar-refractivity contribution >= 4 is 40.4 Å². The van der Waals surface area contributed by atoms with Gasteiger partial charge in [-0.3, -0.25) is 4.79 Å². The number of thioether (sulfide) groups is 1. The zero-order valence-electron chi connectivity index (χ0n) is 12.5. The van der Waals surface area contributed by atoms with E-state index in [0.717, 1.165) is 30.2 Å². The maximum atomic E-state index is 12.2. The van der Waals surface area contributed by atoms with Crippen LogP contribution in [0.2, 0.25) is 0 Å². The van der Waals surface area contributed by atoms with Crippen LogP contribution in [0.3, 0.4) is 0 Å². The minimum atomic E-state index is 0.0770. The summed E-state index contributed by atoms with van der Waals surface area (Å²) in [5, 5.41) is 5.14. The van der Waals surface area contributed by atoms with Crippen LogP contribution in [0.5, 0.6) is 0 Å². The quantitative estimate of drug-likeness (QED) is 0.859. The van der Waals surface area contributed by atoms with Gasteiger partial charge in [0.15, 0.2) is 0 Å². The number of amides is 1. The first-order chi connectivity index (χ1) is 10.8. The van der Waals surface area contributed by atoms with Crippen LogP contribution in [0, 0.1) is 0 Å². The van der Waals surface area contributed by atoms with E-state index in [1.54, 1.807) is 23.1 Å². The highest BCUT2D eigenvalue weighted by atomic mass is 32.2. The van der Waals surface area contributed by atoms with Crippen molar-refractivity contribution in [2.24, 2.45) is 0 Å². The van der Waals surface area contributed by atoms with Gasteiger partial charge in [-0.1, -0.05) is 18.2 Å². The Labute approximate surface area is 139 Å². The standard InChI is InChI=1S/C17H20N2OS2/c20-17(13-21-12-14-6-5-11-22-14)18-15-7-1-2-8-16(15)19-9-3-4-10-19/h1-2,5-8,11H,3-4,9-10,12-13H2,(H,18,20). The first-order valence-corrected chi connectivity index (χ1v) is 9.60. The van der Waals surface area contributed by atoms with Gasteiger partial charge in [0.1, 0.15) is 0 Å². The summed E-state index contributed by atoms with van der Waals surface area (Å²) in [6.45, 7) is 2.17. The fourth-order valence-corrected chi connectivity index (χ4v) is 4.31. The van der Waals surface area contributed by atoms with Crippen molar-refractivity contribution < 1.29 is 4.79 Å². The highest BCUT2D eigenvalue weighted by Gasteiger charge is 2.16. The predicted octanol–water partition coefficient (Wildman–Crippen LogP) is 4.22. The summed E-state index contributed by atoms with van der Waals surface area (Å²) < 4.78 is 0. The molecule has 1 aromatic heterocycles. The van der Waals surface area contributed by atoms with Crippen molar-refractivity contribution in [3.05, 3.63) is 46.7 Å². The van der Waals surface area contributed by atoms with Gasteiger partial charge < -0.3 is 10.2 Å². The van der Waals surface area contributed by atoms with Crippen LogP contribution in [0.4, 0.5) is 11.4 Å². The van der Waals surface area contributed by atoms with Crippen LogP contribution in [-0.4, -0.2) is 24.7 Å². The number of hydrogen-bond acceptors (Lipinski definition) is 4. The fourth-order valence-electron chi connectivity index (χ4n) is 2.64. The van der Waals surface area contributed by atoms with E-state index in [1.165, 1.54) is 17.7 Å². The van der Waals surface area contributed by atoms with Crippen molar-refractivity contribution in [1.82, 2.24) is 0 Å². The third kappa shape index (κ3) is 4.05. The van der Waals surface area contributed by atoms with Gasteiger partial charge in [-0.05, 0) is 36.4 Å². The summed E-state index contributed by atoms with van der Waals surface area (Å²) >= 11 is 3.40. The van der Waals surface area contributed by atoms with E-state index in [4.69, 9.17) is 0 Å². The van der Waals surface area contributed by atoms with E-state index in [1.807, 2.05) is 24.3 Å². The second-order valence-corrected chi connectivity index (χ2v) is 7.35. The van der Waals surface area contributed by atoms with Gasteiger partial charge in [-0.15, -0.1) is 23.1 Å². The summed E-state index contributed by atoms with van der Waals surface area (Å²) in [6, 6.07) is 12.3. The molecule has 1 amide bonds. The van der Waals surface area contributed by atoms with E-state index < -0.39 is 0 Å². The summed E-state index contributed by atoms with van der Waals surface area (Å²) in [5.74, 6) is 1.47. The molecule has 3 nitrogen and oxygen atoms in total. The molecule has 0 bridgehead atoms. The Morgan fingerprint density at radius 2 is 2.00 bits per heavy atom. The lowest BCUT2D eigenvalue weighted by molar-refractivity contribution is -0.113. The zero-order chi connectivity index (χ0) is 15.2.